The van der Waals surface area contributed by atoms with Crippen LogP contribution < -0.4 is 5.32 Å². The molecule has 0 unspecified atom stereocenters. The van der Waals surface area contributed by atoms with E-state index in [-0.39, 0.29) is 5.56 Å². The van der Waals surface area contributed by atoms with Crippen molar-refractivity contribution >= 4 is 5.82 Å². The van der Waals surface area contributed by atoms with Gasteiger partial charge in [-0.2, -0.15) is 13.2 Å². The van der Waals surface area contributed by atoms with Gasteiger partial charge in [0, 0.05) is 18.2 Å². The van der Waals surface area contributed by atoms with Gasteiger partial charge in [-0.05, 0) is 25.1 Å². The molecule has 1 aromatic carbocycles. The molecule has 3 nitrogen and oxygen atoms in total. The fraction of sp³-hybridized carbons (Fsp3) is 0.231. The number of hydrogen-bond acceptors (Lipinski definition) is 3. The molecule has 0 saturated heterocycles. The summed E-state index contributed by atoms with van der Waals surface area (Å²) in [5.74, 6) is -0.808. The Hall–Kier alpha value is -2.18. The number of hydrogen-bond donors (Lipinski definition) is 1. The third-order valence-electron chi connectivity index (χ3n) is 2.59. The molecule has 0 bridgehead atoms. The van der Waals surface area contributed by atoms with E-state index in [2.05, 4.69) is 15.3 Å². The Bertz CT molecular complexity index is 611. The molecule has 0 amide bonds. The maximum Gasteiger partial charge on any atom is 0.419 e. The summed E-state index contributed by atoms with van der Waals surface area (Å²) in [6.45, 7) is 2.48. The van der Waals surface area contributed by atoms with Crippen molar-refractivity contribution in [2.75, 3.05) is 11.9 Å². The largest absolute Gasteiger partial charge is 0.419 e. The van der Waals surface area contributed by atoms with Gasteiger partial charge < -0.3 is 5.32 Å². The SMILES string of the molecule is CCNc1cc(-c2ccc(F)c(C(F)(F)F)c2)ncn1. The van der Waals surface area contributed by atoms with E-state index in [1.807, 2.05) is 6.92 Å². The van der Waals surface area contributed by atoms with Gasteiger partial charge in [-0.3, -0.25) is 0 Å². The van der Waals surface area contributed by atoms with E-state index >= 15 is 0 Å². The molecular weight excluding hydrogens is 274 g/mol. The zero-order valence-electron chi connectivity index (χ0n) is 10.5. The van der Waals surface area contributed by atoms with Crippen molar-refractivity contribution in [3.05, 3.63) is 42.0 Å². The van der Waals surface area contributed by atoms with E-state index in [9.17, 15) is 17.6 Å². The van der Waals surface area contributed by atoms with E-state index < -0.39 is 17.6 Å². The van der Waals surface area contributed by atoms with Gasteiger partial charge in [0.1, 0.15) is 18.0 Å². The molecule has 2 rings (SSSR count). The summed E-state index contributed by atoms with van der Waals surface area (Å²) < 4.78 is 51.2. The standard InChI is InChI=1S/C13H11F4N3/c1-2-18-12-6-11(19-7-20-12)8-3-4-10(14)9(5-8)13(15,16)17/h3-7H,2H2,1H3,(H,18,19,20). The number of rotatable bonds is 3. The number of nitrogens with zero attached hydrogens (tertiary/aromatic N) is 2. The highest BCUT2D eigenvalue weighted by molar-refractivity contribution is 5.63. The van der Waals surface area contributed by atoms with Crippen LogP contribution in [-0.2, 0) is 6.18 Å². The van der Waals surface area contributed by atoms with Gasteiger partial charge in [0.05, 0.1) is 11.3 Å². The van der Waals surface area contributed by atoms with Crippen LogP contribution in [0.4, 0.5) is 23.4 Å². The predicted octanol–water partition coefficient (Wildman–Crippen LogP) is 3.73. The lowest BCUT2D eigenvalue weighted by atomic mass is 10.1. The van der Waals surface area contributed by atoms with E-state index in [0.29, 0.717) is 18.1 Å². The number of alkyl halides is 3. The van der Waals surface area contributed by atoms with Crippen molar-refractivity contribution in [1.82, 2.24) is 9.97 Å². The van der Waals surface area contributed by atoms with Gasteiger partial charge in [0.2, 0.25) is 0 Å². The minimum Gasteiger partial charge on any atom is -0.370 e. The molecule has 106 valence electrons. The summed E-state index contributed by atoms with van der Waals surface area (Å²) in [5.41, 5.74) is -0.833. The fourth-order valence-corrected chi connectivity index (χ4v) is 1.69. The molecule has 0 saturated carbocycles. The third kappa shape index (κ3) is 3.04. The number of halogens is 4. The molecule has 0 aliphatic carbocycles. The van der Waals surface area contributed by atoms with E-state index in [1.165, 1.54) is 18.5 Å². The van der Waals surface area contributed by atoms with Crippen LogP contribution in [0.5, 0.6) is 0 Å². The summed E-state index contributed by atoms with van der Waals surface area (Å²) in [7, 11) is 0. The summed E-state index contributed by atoms with van der Waals surface area (Å²) in [6, 6.07) is 4.29. The highest BCUT2D eigenvalue weighted by Gasteiger charge is 2.34. The maximum absolute atomic E-state index is 13.2. The Balaban J connectivity index is 2.45. The molecule has 0 radical (unpaired) electrons. The number of anilines is 1. The van der Waals surface area contributed by atoms with Crippen molar-refractivity contribution in [3.8, 4) is 11.3 Å². The molecule has 0 spiro atoms. The Morgan fingerprint density at radius 3 is 2.55 bits per heavy atom. The maximum atomic E-state index is 13.2. The lowest BCUT2D eigenvalue weighted by Crippen LogP contribution is -2.08. The smallest absolute Gasteiger partial charge is 0.370 e. The summed E-state index contributed by atoms with van der Waals surface area (Å²) >= 11 is 0. The van der Waals surface area contributed by atoms with Crippen LogP contribution in [0.3, 0.4) is 0 Å². The lowest BCUT2D eigenvalue weighted by molar-refractivity contribution is -0.139. The van der Waals surface area contributed by atoms with E-state index in [4.69, 9.17) is 0 Å². The quantitative estimate of drug-likeness (QED) is 0.873. The lowest BCUT2D eigenvalue weighted by Gasteiger charge is -2.10. The van der Waals surface area contributed by atoms with Crippen molar-refractivity contribution in [3.63, 3.8) is 0 Å². The normalized spacial score (nSPS) is 11.4. The van der Waals surface area contributed by atoms with Crippen LogP contribution in [-0.4, -0.2) is 16.5 Å². The van der Waals surface area contributed by atoms with E-state index in [0.717, 1.165) is 12.1 Å². The van der Waals surface area contributed by atoms with Gasteiger partial charge in [0.15, 0.2) is 0 Å². The molecule has 1 N–H and O–H groups in total. The van der Waals surface area contributed by atoms with E-state index in [1.54, 1.807) is 0 Å². The molecule has 1 aromatic heterocycles. The highest BCUT2D eigenvalue weighted by atomic mass is 19.4. The molecule has 1 heterocycles. The molecular formula is C13H11F4N3. The third-order valence-corrected chi connectivity index (χ3v) is 2.59. The van der Waals surface area contributed by atoms with Crippen LogP contribution in [0.15, 0.2) is 30.6 Å². The zero-order chi connectivity index (χ0) is 14.8. The number of aromatic nitrogens is 2. The first-order valence-corrected chi connectivity index (χ1v) is 5.85. The summed E-state index contributed by atoms with van der Waals surface area (Å²) in [4.78, 5) is 7.83. The van der Waals surface area contributed by atoms with Crippen LogP contribution in [0, 0.1) is 5.82 Å². The average Bonchev–Trinajstić information content (AvgIpc) is 2.38. The molecule has 2 aromatic rings. The van der Waals surface area contributed by atoms with Crippen LogP contribution in [0.25, 0.3) is 11.3 Å². The van der Waals surface area contributed by atoms with Crippen molar-refractivity contribution in [2.24, 2.45) is 0 Å². The van der Waals surface area contributed by atoms with Gasteiger partial charge in [-0.15, -0.1) is 0 Å². The first-order valence-electron chi connectivity index (χ1n) is 5.85. The first kappa shape index (κ1) is 14.2. The van der Waals surface area contributed by atoms with Crippen LogP contribution >= 0.6 is 0 Å². The zero-order valence-corrected chi connectivity index (χ0v) is 10.5. The molecule has 0 atom stereocenters. The molecule has 7 heteroatoms. The summed E-state index contributed by atoms with van der Waals surface area (Å²) in [5, 5.41) is 2.93. The van der Waals surface area contributed by atoms with Crippen molar-refractivity contribution in [2.45, 2.75) is 13.1 Å². The predicted molar refractivity (Wildman–Crippen MR) is 66.6 cm³/mol. The molecule has 0 fully saturated rings. The van der Waals surface area contributed by atoms with Crippen molar-refractivity contribution in [1.29, 1.82) is 0 Å². The highest BCUT2D eigenvalue weighted by Crippen LogP contribution is 2.34. The fourth-order valence-electron chi connectivity index (χ4n) is 1.69. The minimum absolute atomic E-state index is 0.181. The second kappa shape index (κ2) is 5.44. The molecule has 0 aliphatic heterocycles. The molecule has 20 heavy (non-hydrogen) atoms. The topological polar surface area (TPSA) is 37.8 Å². The summed E-state index contributed by atoms with van der Waals surface area (Å²) in [6.07, 6.45) is -3.50. The first-order chi connectivity index (χ1) is 9.41. The van der Waals surface area contributed by atoms with Gasteiger partial charge in [0.25, 0.3) is 0 Å². The Morgan fingerprint density at radius 1 is 1.15 bits per heavy atom. The van der Waals surface area contributed by atoms with Crippen LogP contribution in [0.2, 0.25) is 0 Å². The average molecular weight is 285 g/mol. The second-order valence-electron chi connectivity index (χ2n) is 4.01. The minimum atomic E-state index is -4.74. The van der Waals surface area contributed by atoms with Crippen molar-refractivity contribution < 1.29 is 17.6 Å². The Kier molecular flexibility index (Phi) is 3.87. The molecule has 0 aliphatic rings. The van der Waals surface area contributed by atoms with Gasteiger partial charge in [-0.1, -0.05) is 0 Å². The monoisotopic (exact) mass is 285 g/mol. The van der Waals surface area contributed by atoms with Crippen LogP contribution in [0.1, 0.15) is 12.5 Å². The second-order valence-corrected chi connectivity index (χ2v) is 4.01. The number of nitrogens with one attached hydrogen (secondary N) is 1. The number of benzene rings is 1. The Morgan fingerprint density at radius 2 is 1.90 bits per heavy atom. The Labute approximate surface area is 112 Å². The van der Waals surface area contributed by atoms with Gasteiger partial charge in [-0.25, -0.2) is 14.4 Å². The van der Waals surface area contributed by atoms with Gasteiger partial charge >= 0.3 is 6.18 Å².